The van der Waals surface area contributed by atoms with E-state index in [1.54, 1.807) is 31.2 Å². The Balaban J connectivity index is 2.33. The van der Waals surface area contributed by atoms with Crippen LogP contribution in [-0.4, -0.2) is 38.4 Å². The molecule has 116 valence electrons. The van der Waals surface area contributed by atoms with E-state index in [2.05, 4.69) is 0 Å². The van der Waals surface area contributed by atoms with Crippen LogP contribution in [0, 0.1) is 18.8 Å². The van der Waals surface area contributed by atoms with Crippen molar-refractivity contribution in [2.45, 2.75) is 31.7 Å². The number of rotatable bonds is 3. The second kappa shape index (κ2) is 5.77. The highest BCUT2D eigenvalue weighted by molar-refractivity contribution is 7.89. The van der Waals surface area contributed by atoms with Gasteiger partial charge in [0, 0.05) is 12.6 Å². The first-order valence-electron chi connectivity index (χ1n) is 6.95. The lowest BCUT2D eigenvalue weighted by Crippen LogP contribution is -2.38. The minimum Gasteiger partial charge on any atom is -0.469 e. The Morgan fingerprint density at radius 3 is 2.33 bits per heavy atom. The number of aryl methyl sites for hydroxylation is 1. The highest BCUT2D eigenvalue weighted by Gasteiger charge is 2.47. The number of carbonyl (C=O) groups is 1. The average Bonchev–Trinajstić information content (AvgIpc) is 2.74. The van der Waals surface area contributed by atoms with Crippen molar-refractivity contribution in [1.82, 2.24) is 4.31 Å². The van der Waals surface area contributed by atoms with E-state index in [0.29, 0.717) is 6.54 Å². The van der Waals surface area contributed by atoms with Crippen LogP contribution >= 0.6 is 0 Å². The average molecular weight is 311 g/mol. The molecule has 0 bridgehead atoms. The first kappa shape index (κ1) is 16.0. The molecule has 0 unspecified atom stereocenters. The van der Waals surface area contributed by atoms with E-state index >= 15 is 0 Å². The van der Waals surface area contributed by atoms with E-state index in [9.17, 15) is 13.2 Å². The van der Waals surface area contributed by atoms with E-state index in [0.717, 1.165) is 5.56 Å². The van der Waals surface area contributed by atoms with Crippen molar-refractivity contribution in [1.29, 1.82) is 0 Å². The van der Waals surface area contributed by atoms with Gasteiger partial charge in [-0.2, -0.15) is 4.31 Å². The number of hydrogen-bond acceptors (Lipinski definition) is 4. The summed E-state index contributed by atoms with van der Waals surface area (Å²) in [5, 5.41) is 0. The number of ether oxygens (including phenoxy) is 1. The SMILES string of the molecule is COC(=O)[C@@H]1[C@@H](C)CN(S(=O)(=O)c2ccc(C)cc2)[C@H]1C. The molecule has 0 amide bonds. The van der Waals surface area contributed by atoms with Crippen molar-refractivity contribution in [3.63, 3.8) is 0 Å². The fraction of sp³-hybridized carbons (Fsp3) is 0.533. The quantitative estimate of drug-likeness (QED) is 0.799. The van der Waals surface area contributed by atoms with Crippen LogP contribution < -0.4 is 0 Å². The fourth-order valence-electron chi connectivity index (χ4n) is 2.95. The van der Waals surface area contributed by atoms with Crippen molar-refractivity contribution in [2.75, 3.05) is 13.7 Å². The third-order valence-corrected chi connectivity index (χ3v) is 6.12. The van der Waals surface area contributed by atoms with Crippen LogP contribution in [0.15, 0.2) is 29.2 Å². The number of nitrogens with zero attached hydrogens (tertiary/aromatic N) is 1. The normalized spacial score (nSPS) is 26.8. The molecule has 3 atom stereocenters. The van der Waals surface area contributed by atoms with Gasteiger partial charge in [-0.1, -0.05) is 24.6 Å². The summed E-state index contributed by atoms with van der Waals surface area (Å²) in [5.74, 6) is -0.834. The molecule has 1 heterocycles. The topological polar surface area (TPSA) is 63.7 Å². The Morgan fingerprint density at radius 1 is 1.24 bits per heavy atom. The van der Waals surface area contributed by atoms with E-state index in [4.69, 9.17) is 4.74 Å². The molecule has 21 heavy (non-hydrogen) atoms. The van der Waals surface area contributed by atoms with Gasteiger partial charge in [-0.05, 0) is 31.9 Å². The van der Waals surface area contributed by atoms with E-state index < -0.39 is 22.0 Å². The molecule has 2 rings (SSSR count). The van der Waals surface area contributed by atoms with Crippen LogP contribution in [-0.2, 0) is 19.6 Å². The standard InChI is InChI=1S/C15H21NO4S/c1-10-5-7-13(8-6-10)21(18,19)16-9-11(2)14(12(16)3)15(17)20-4/h5-8,11-12,14H,9H2,1-4H3/t11-,12-,14+/m0/s1. The molecular formula is C15H21NO4S. The highest BCUT2D eigenvalue weighted by atomic mass is 32.2. The monoisotopic (exact) mass is 311 g/mol. The maximum absolute atomic E-state index is 12.7. The molecule has 0 radical (unpaired) electrons. The summed E-state index contributed by atoms with van der Waals surface area (Å²) in [5.41, 5.74) is 1.00. The molecule has 0 aromatic heterocycles. The van der Waals surface area contributed by atoms with Gasteiger partial charge in [0.05, 0.1) is 17.9 Å². The van der Waals surface area contributed by atoms with Crippen LogP contribution in [0.3, 0.4) is 0 Å². The molecule has 0 N–H and O–H groups in total. The van der Waals surface area contributed by atoms with Gasteiger partial charge >= 0.3 is 5.97 Å². The number of carbonyl (C=O) groups excluding carboxylic acids is 1. The second-order valence-corrected chi connectivity index (χ2v) is 7.55. The zero-order valence-corrected chi connectivity index (χ0v) is 13.6. The maximum Gasteiger partial charge on any atom is 0.310 e. The smallest absolute Gasteiger partial charge is 0.310 e. The Labute approximate surface area is 126 Å². The molecule has 1 fully saturated rings. The molecule has 1 aliphatic rings. The van der Waals surface area contributed by atoms with Crippen LogP contribution in [0.2, 0.25) is 0 Å². The van der Waals surface area contributed by atoms with Crippen molar-refractivity contribution in [3.8, 4) is 0 Å². The Morgan fingerprint density at radius 2 is 1.81 bits per heavy atom. The summed E-state index contributed by atoms with van der Waals surface area (Å²) in [4.78, 5) is 12.1. The third-order valence-electron chi connectivity index (χ3n) is 4.16. The van der Waals surface area contributed by atoms with Crippen LogP contribution in [0.4, 0.5) is 0 Å². The van der Waals surface area contributed by atoms with Gasteiger partial charge in [0.25, 0.3) is 0 Å². The molecule has 1 aromatic carbocycles. The van der Waals surface area contributed by atoms with Gasteiger partial charge in [0.2, 0.25) is 10.0 Å². The van der Waals surface area contributed by atoms with E-state index in [1.807, 2.05) is 13.8 Å². The zero-order valence-electron chi connectivity index (χ0n) is 12.7. The summed E-state index contributed by atoms with van der Waals surface area (Å²) in [7, 11) is -2.25. The van der Waals surface area contributed by atoms with Gasteiger partial charge in [0.1, 0.15) is 0 Å². The molecular weight excluding hydrogens is 290 g/mol. The van der Waals surface area contributed by atoms with Crippen molar-refractivity contribution < 1.29 is 17.9 Å². The van der Waals surface area contributed by atoms with E-state index in [1.165, 1.54) is 11.4 Å². The molecule has 1 aliphatic heterocycles. The van der Waals surface area contributed by atoms with Gasteiger partial charge in [-0.15, -0.1) is 0 Å². The van der Waals surface area contributed by atoms with Crippen LogP contribution in [0.25, 0.3) is 0 Å². The van der Waals surface area contributed by atoms with Crippen molar-refractivity contribution >= 4 is 16.0 Å². The number of hydrogen-bond donors (Lipinski definition) is 0. The molecule has 0 aliphatic carbocycles. The van der Waals surface area contributed by atoms with Crippen LogP contribution in [0.5, 0.6) is 0 Å². The van der Waals surface area contributed by atoms with Gasteiger partial charge in [-0.25, -0.2) is 8.42 Å². The van der Waals surface area contributed by atoms with Gasteiger partial charge < -0.3 is 4.74 Å². The third kappa shape index (κ3) is 2.82. The minimum absolute atomic E-state index is 0.0623. The lowest BCUT2D eigenvalue weighted by molar-refractivity contribution is -0.147. The first-order chi connectivity index (χ1) is 9.78. The molecule has 1 aromatic rings. The van der Waals surface area contributed by atoms with Crippen LogP contribution in [0.1, 0.15) is 19.4 Å². The second-order valence-electron chi connectivity index (χ2n) is 5.65. The summed E-state index contributed by atoms with van der Waals surface area (Å²) >= 11 is 0. The van der Waals surface area contributed by atoms with E-state index in [-0.39, 0.29) is 16.8 Å². The number of benzene rings is 1. The Bertz CT molecular complexity index is 624. The summed E-state index contributed by atoms with van der Waals surface area (Å²) in [6.45, 7) is 5.88. The molecule has 0 saturated carbocycles. The molecule has 5 nitrogen and oxygen atoms in total. The number of sulfonamides is 1. The number of esters is 1. The lowest BCUT2D eigenvalue weighted by Gasteiger charge is -2.23. The predicted octanol–water partition coefficient (Wildman–Crippen LogP) is 1.81. The Kier molecular flexibility index (Phi) is 4.39. The number of methoxy groups -OCH3 is 1. The predicted molar refractivity (Wildman–Crippen MR) is 79.2 cm³/mol. The zero-order chi connectivity index (χ0) is 15.8. The van der Waals surface area contributed by atoms with Gasteiger partial charge in [-0.3, -0.25) is 4.79 Å². The molecule has 6 heteroatoms. The summed E-state index contributed by atoms with van der Waals surface area (Å²) in [6.07, 6.45) is 0. The van der Waals surface area contributed by atoms with Crippen molar-refractivity contribution in [2.24, 2.45) is 11.8 Å². The van der Waals surface area contributed by atoms with Gasteiger partial charge in [0.15, 0.2) is 0 Å². The highest BCUT2D eigenvalue weighted by Crippen LogP contribution is 2.34. The molecule has 0 spiro atoms. The van der Waals surface area contributed by atoms with Crippen molar-refractivity contribution in [3.05, 3.63) is 29.8 Å². The maximum atomic E-state index is 12.7. The summed E-state index contributed by atoms with van der Waals surface area (Å²) < 4.78 is 31.7. The largest absolute Gasteiger partial charge is 0.469 e. The summed E-state index contributed by atoms with van der Waals surface area (Å²) in [6, 6.07) is 6.35. The Hall–Kier alpha value is -1.40. The minimum atomic E-state index is -3.59. The molecule has 1 saturated heterocycles. The lowest BCUT2D eigenvalue weighted by atomic mass is 9.93. The fourth-order valence-corrected chi connectivity index (χ4v) is 4.70. The first-order valence-corrected chi connectivity index (χ1v) is 8.39.